The summed E-state index contributed by atoms with van der Waals surface area (Å²) in [6, 6.07) is 58.6. The molecule has 6 aromatic heterocycles. The molecule has 0 aliphatic rings. The maximum Gasteiger partial charge on any atom is 0.220 e. The summed E-state index contributed by atoms with van der Waals surface area (Å²) in [5.41, 5.74) is 18.5. The normalized spacial score (nSPS) is 13.3. The van der Waals surface area contributed by atoms with Crippen LogP contribution in [0.1, 0.15) is 52.7 Å². The highest BCUT2D eigenvalue weighted by molar-refractivity contribution is 6.37. The second kappa shape index (κ2) is 12.0. The standard InChI is InChI=1S/C60H44N6/c1-59(2,3)37-23-27-47-43(31-37)51-53-56(66-50-30-36(22-26-46(50)61-57(66)63(47)53)42-20-12-16-34-14-8-10-18-40(34)42)52-44-32-38(60(4,5)6)24-28-48(44)64-54(52)55(51)65-49-29-35(21-25-45(49)62-58(64)65)41-19-11-15-33-13-7-9-17-39(33)41/h7-32H,1-6H3. The molecule has 0 atom stereocenters. The zero-order chi connectivity index (χ0) is 44.1. The SMILES string of the molecule is CC(C)(C)c1ccc2c(c1)c1c3c4c(c5cc(C(C)(C)C)ccc5n4c4nc5ccc(-c6cccc7ccccc67)cc5n34)c3c1n2c1nc2ccc(-c4cccc5ccccc45)cc2n31. The number of fused-ring (bicyclic) bond motifs is 20. The molecule has 6 nitrogen and oxygen atoms in total. The Bertz CT molecular complexity index is 4290. The van der Waals surface area contributed by atoms with E-state index in [-0.39, 0.29) is 10.8 Å². The number of imidazole rings is 4. The molecule has 0 radical (unpaired) electrons. The summed E-state index contributed by atoms with van der Waals surface area (Å²) < 4.78 is 9.90. The van der Waals surface area contributed by atoms with Gasteiger partial charge in [0.15, 0.2) is 0 Å². The van der Waals surface area contributed by atoms with Gasteiger partial charge in [0.1, 0.15) is 0 Å². The van der Waals surface area contributed by atoms with Gasteiger partial charge in [-0.3, -0.25) is 17.6 Å². The predicted octanol–water partition coefficient (Wildman–Crippen LogP) is 15.5. The summed E-state index contributed by atoms with van der Waals surface area (Å²) in [5, 5.41) is 9.90. The molecule has 0 saturated heterocycles. The van der Waals surface area contributed by atoms with Crippen LogP contribution in [0.5, 0.6) is 0 Å². The van der Waals surface area contributed by atoms with E-state index in [1.165, 1.54) is 98.5 Å². The summed E-state index contributed by atoms with van der Waals surface area (Å²) in [6.07, 6.45) is 0. The Balaban J connectivity index is 1.18. The van der Waals surface area contributed by atoms with Crippen LogP contribution in [0.2, 0.25) is 0 Å². The summed E-state index contributed by atoms with van der Waals surface area (Å²) in [6.45, 7) is 13.9. The van der Waals surface area contributed by atoms with Gasteiger partial charge in [-0.15, -0.1) is 0 Å². The van der Waals surface area contributed by atoms with Gasteiger partial charge in [-0.1, -0.05) is 151 Å². The van der Waals surface area contributed by atoms with E-state index in [1.807, 2.05) is 0 Å². The van der Waals surface area contributed by atoms with Crippen molar-refractivity contribution in [1.82, 2.24) is 27.6 Å². The van der Waals surface area contributed by atoms with Crippen molar-refractivity contribution in [2.75, 3.05) is 0 Å². The Kier molecular flexibility index (Phi) is 6.63. The first-order valence-corrected chi connectivity index (χ1v) is 23.2. The van der Waals surface area contributed by atoms with E-state index in [1.54, 1.807) is 0 Å². The molecule has 0 aliphatic heterocycles. The van der Waals surface area contributed by atoms with Crippen LogP contribution in [0.4, 0.5) is 0 Å². The first-order chi connectivity index (χ1) is 32.0. The minimum atomic E-state index is -0.0519. The summed E-state index contributed by atoms with van der Waals surface area (Å²) >= 11 is 0. The van der Waals surface area contributed by atoms with Gasteiger partial charge >= 0.3 is 0 Å². The first kappa shape index (κ1) is 36.4. The number of benzene rings is 9. The van der Waals surface area contributed by atoms with Crippen molar-refractivity contribution >= 4 is 110 Å². The molecule has 15 rings (SSSR count). The fraction of sp³-hybridized carbons (Fsp3) is 0.133. The van der Waals surface area contributed by atoms with Crippen molar-refractivity contribution in [2.45, 2.75) is 52.4 Å². The molecule has 0 spiro atoms. The average Bonchev–Trinajstić information content (AvgIpc) is 4.15. The molecule has 0 unspecified atom stereocenters. The smallest absolute Gasteiger partial charge is 0.220 e. The molecule has 0 aliphatic carbocycles. The quantitative estimate of drug-likeness (QED) is 0.174. The fourth-order valence-corrected chi connectivity index (χ4v) is 11.7. The van der Waals surface area contributed by atoms with E-state index >= 15 is 0 Å². The summed E-state index contributed by atoms with van der Waals surface area (Å²) in [7, 11) is 0. The molecule has 6 heteroatoms. The molecule has 15 aromatic rings. The van der Waals surface area contributed by atoms with Gasteiger partial charge in [-0.25, -0.2) is 9.97 Å². The Morgan fingerprint density at radius 2 is 0.742 bits per heavy atom. The van der Waals surface area contributed by atoms with Crippen LogP contribution in [0.3, 0.4) is 0 Å². The third-order valence-electron chi connectivity index (χ3n) is 14.9. The monoisotopic (exact) mass is 848 g/mol. The molecule has 9 aromatic carbocycles. The van der Waals surface area contributed by atoms with Crippen LogP contribution < -0.4 is 0 Å². The van der Waals surface area contributed by atoms with Crippen molar-refractivity contribution in [3.8, 4) is 22.3 Å². The Hall–Kier alpha value is -7.96. The van der Waals surface area contributed by atoms with Gasteiger partial charge in [-0.05, 0) is 114 Å². The van der Waals surface area contributed by atoms with Crippen LogP contribution in [0.15, 0.2) is 158 Å². The fourth-order valence-electron chi connectivity index (χ4n) is 11.7. The van der Waals surface area contributed by atoms with E-state index < -0.39 is 0 Å². The van der Waals surface area contributed by atoms with E-state index in [0.29, 0.717) is 0 Å². The minimum absolute atomic E-state index is 0.0519. The highest BCUT2D eigenvalue weighted by Gasteiger charge is 2.33. The van der Waals surface area contributed by atoms with E-state index in [2.05, 4.69) is 217 Å². The number of nitrogens with zero attached hydrogens (tertiary/aromatic N) is 6. The maximum absolute atomic E-state index is 5.58. The molecule has 0 amide bonds. The van der Waals surface area contributed by atoms with Crippen LogP contribution >= 0.6 is 0 Å². The topological polar surface area (TPSA) is 43.4 Å². The molecule has 0 saturated carbocycles. The minimum Gasteiger partial charge on any atom is -0.277 e. The lowest BCUT2D eigenvalue weighted by Crippen LogP contribution is -2.10. The third kappa shape index (κ3) is 4.51. The molecule has 0 fully saturated rings. The average molecular weight is 849 g/mol. The Morgan fingerprint density at radius 3 is 1.17 bits per heavy atom. The zero-order valence-electron chi connectivity index (χ0n) is 37.7. The highest BCUT2D eigenvalue weighted by Crippen LogP contribution is 2.50. The van der Waals surface area contributed by atoms with Crippen LogP contribution in [-0.4, -0.2) is 27.6 Å². The lowest BCUT2D eigenvalue weighted by atomic mass is 9.86. The van der Waals surface area contributed by atoms with E-state index in [9.17, 15) is 0 Å². The van der Waals surface area contributed by atoms with Gasteiger partial charge in [0.2, 0.25) is 11.6 Å². The van der Waals surface area contributed by atoms with Gasteiger partial charge in [0.05, 0.1) is 55.2 Å². The highest BCUT2D eigenvalue weighted by atomic mass is 15.2. The van der Waals surface area contributed by atoms with Crippen molar-refractivity contribution in [2.24, 2.45) is 0 Å². The lowest BCUT2D eigenvalue weighted by Gasteiger charge is -2.19. The van der Waals surface area contributed by atoms with Gasteiger partial charge in [0, 0.05) is 21.5 Å². The Morgan fingerprint density at radius 1 is 0.348 bits per heavy atom. The first-order valence-electron chi connectivity index (χ1n) is 23.2. The number of hydrogen-bond acceptors (Lipinski definition) is 2. The van der Waals surface area contributed by atoms with Crippen LogP contribution in [-0.2, 0) is 10.8 Å². The molecule has 66 heavy (non-hydrogen) atoms. The molecular weight excluding hydrogens is 805 g/mol. The molecular formula is C60H44N6. The number of rotatable bonds is 2. The number of aromatic nitrogens is 6. The maximum atomic E-state index is 5.58. The second-order valence-electron chi connectivity index (χ2n) is 20.7. The van der Waals surface area contributed by atoms with Crippen LogP contribution in [0.25, 0.3) is 132 Å². The van der Waals surface area contributed by atoms with E-state index in [4.69, 9.17) is 9.97 Å². The van der Waals surface area contributed by atoms with Crippen molar-refractivity contribution in [1.29, 1.82) is 0 Å². The van der Waals surface area contributed by atoms with Gasteiger partial charge in [-0.2, -0.15) is 0 Å². The lowest BCUT2D eigenvalue weighted by molar-refractivity contribution is 0.591. The molecule has 0 N–H and O–H groups in total. The van der Waals surface area contributed by atoms with Gasteiger partial charge in [0.25, 0.3) is 0 Å². The zero-order valence-corrected chi connectivity index (χ0v) is 37.7. The third-order valence-corrected chi connectivity index (χ3v) is 14.9. The molecule has 0 bridgehead atoms. The van der Waals surface area contributed by atoms with Crippen LogP contribution in [0, 0.1) is 0 Å². The molecule has 314 valence electrons. The Labute approximate surface area is 379 Å². The number of hydrogen-bond donors (Lipinski definition) is 0. The summed E-state index contributed by atoms with van der Waals surface area (Å²) in [5.74, 6) is 1.86. The van der Waals surface area contributed by atoms with E-state index in [0.717, 1.165) is 44.7 Å². The largest absolute Gasteiger partial charge is 0.277 e. The molecule has 6 heterocycles. The second-order valence-corrected chi connectivity index (χ2v) is 20.7. The predicted molar refractivity (Wildman–Crippen MR) is 277 cm³/mol. The van der Waals surface area contributed by atoms with Crippen molar-refractivity contribution in [3.05, 3.63) is 169 Å². The van der Waals surface area contributed by atoms with Gasteiger partial charge < -0.3 is 0 Å². The van der Waals surface area contributed by atoms with Crippen molar-refractivity contribution in [3.63, 3.8) is 0 Å². The van der Waals surface area contributed by atoms with Crippen molar-refractivity contribution < 1.29 is 0 Å². The summed E-state index contributed by atoms with van der Waals surface area (Å²) in [4.78, 5) is 11.2.